The Labute approximate surface area is 201 Å². The molecule has 0 aliphatic carbocycles. The summed E-state index contributed by atoms with van der Waals surface area (Å²) >= 11 is 0. The minimum Gasteiger partial charge on any atom is -0.481 e. The number of hydrogen-bond donors (Lipinski definition) is 1. The van der Waals surface area contributed by atoms with Gasteiger partial charge < -0.3 is 14.4 Å². The minimum absolute atomic E-state index is 0. The number of aliphatic carboxylic acids is 1. The first-order chi connectivity index (χ1) is 15.7. The number of piperidine rings is 1. The van der Waals surface area contributed by atoms with Crippen molar-refractivity contribution in [2.75, 3.05) is 13.1 Å². The first-order valence-corrected chi connectivity index (χ1v) is 10.9. The molecule has 6 nitrogen and oxygen atoms in total. The van der Waals surface area contributed by atoms with Crippen LogP contribution in [0.3, 0.4) is 0 Å². The van der Waals surface area contributed by atoms with E-state index in [9.17, 15) is 23.1 Å². The van der Waals surface area contributed by atoms with Crippen LogP contribution < -0.4 is 4.74 Å². The van der Waals surface area contributed by atoms with Crippen LogP contribution in [0.2, 0.25) is 0 Å². The highest BCUT2D eigenvalue weighted by Crippen LogP contribution is 2.33. The van der Waals surface area contributed by atoms with Crippen molar-refractivity contribution in [2.45, 2.75) is 32.2 Å². The highest BCUT2D eigenvalue weighted by molar-refractivity contribution is 5.85. The summed E-state index contributed by atoms with van der Waals surface area (Å²) in [4.78, 5) is 18.3. The van der Waals surface area contributed by atoms with Crippen LogP contribution in [0, 0.1) is 11.8 Å². The Balaban J connectivity index is 0.00000324. The second kappa shape index (κ2) is 10.7. The van der Waals surface area contributed by atoms with E-state index >= 15 is 0 Å². The SMILES string of the molecule is Cl.Cn1c(C[C@H]2CN(Cc3ccccc3OC(F)(F)F)CC[C@H]2CC(=O)O)nc2ccccc21. The number of aromatic nitrogens is 2. The zero-order valence-corrected chi connectivity index (χ0v) is 19.5. The summed E-state index contributed by atoms with van der Waals surface area (Å²) in [5, 5.41) is 9.41. The Morgan fingerprint density at radius 2 is 1.85 bits per heavy atom. The Morgan fingerprint density at radius 3 is 2.56 bits per heavy atom. The number of aryl methyl sites for hydroxylation is 1. The van der Waals surface area contributed by atoms with Crippen molar-refractivity contribution in [3.05, 3.63) is 59.9 Å². The fourth-order valence-corrected chi connectivity index (χ4v) is 4.74. The highest BCUT2D eigenvalue weighted by atomic mass is 35.5. The number of carbonyl (C=O) groups is 1. The molecule has 184 valence electrons. The van der Waals surface area contributed by atoms with Gasteiger partial charge in [0.05, 0.1) is 11.0 Å². The van der Waals surface area contributed by atoms with Crippen LogP contribution in [0.25, 0.3) is 11.0 Å². The minimum atomic E-state index is -4.76. The second-order valence-corrected chi connectivity index (χ2v) is 8.58. The Kier molecular flexibility index (Phi) is 8.09. The van der Waals surface area contributed by atoms with Crippen molar-refractivity contribution in [1.29, 1.82) is 0 Å². The topological polar surface area (TPSA) is 67.6 Å². The van der Waals surface area contributed by atoms with Gasteiger partial charge in [0.1, 0.15) is 11.6 Å². The van der Waals surface area contributed by atoms with Gasteiger partial charge in [0.15, 0.2) is 0 Å². The van der Waals surface area contributed by atoms with Crippen molar-refractivity contribution in [1.82, 2.24) is 14.5 Å². The van der Waals surface area contributed by atoms with Crippen molar-refractivity contribution in [2.24, 2.45) is 18.9 Å². The smallest absolute Gasteiger partial charge is 0.481 e. The molecule has 0 unspecified atom stereocenters. The number of alkyl halides is 3. The maximum atomic E-state index is 12.8. The van der Waals surface area contributed by atoms with Gasteiger partial charge in [0, 0.05) is 38.5 Å². The number of likely N-dealkylation sites (tertiary alicyclic amines) is 1. The van der Waals surface area contributed by atoms with Crippen LogP contribution >= 0.6 is 12.4 Å². The zero-order valence-electron chi connectivity index (χ0n) is 18.7. The van der Waals surface area contributed by atoms with Crippen molar-refractivity contribution in [3.8, 4) is 5.75 Å². The molecule has 0 spiro atoms. The van der Waals surface area contributed by atoms with Gasteiger partial charge in [-0.25, -0.2) is 4.98 Å². The van der Waals surface area contributed by atoms with Crippen LogP contribution in [0.1, 0.15) is 24.2 Å². The first kappa shape index (κ1) is 25.8. The lowest BCUT2D eigenvalue weighted by Crippen LogP contribution is -2.42. The molecule has 3 aromatic rings. The third-order valence-corrected chi connectivity index (χ3v) is 6.33. The molecule has 34 heavy (non-hydrogen) atoms. The summed E-state index contributed by atoms with van der Waals surface area (Å²) in [7, 11) is 1.95. The van der Waals surface area contributed by atoms with Crippen molar-refractivity contribution in [3.63, 3.8) is 0 Å². The van der Waals surface area contributed by atoms with E-state index in [1.165, 1.54) is 12.1 Å². The summed E-state index contributed by atoms with van der Waals surface area (Å²) in [6.07, 6.45) is -3.44. The summed E-state index contributed by atoms with van der Waals surface area (Å²) < 4.78 is 44.6. The van der Waals surface area contributed by atoms with Crippen molar-refractivity contribution < 1.29 is 27.8 Å². The van der Waals surface area contributed by atoms with E-state index in [2.05, 4.69) is 9.64 Å². The lowest BCUT2D eigenvalue weighted by Gasteiger charge is -2.38. The number of para-hydroxylation sites is 3. The van der Waals surface area contributed by atoms with Gasteiger partial charge in [-0.15, -0.1) is 25.6 Å². The first-order valence-electron chi connectivity index (χ1n) is 10.9. The van der Waals surface area contributed by atoms with Gasteiger partial charge >= 0.3 is 12.3 Å². The van der Waals surface area contributed by atoms with Gasteiger partial charge in [0.2, 0.25) is 0 Å². The third-order valence-electron chi connectivity index (χ3n) is 6.33. The van der Waals surface area contributed by atoms with E-state index in [-0.39, 0.29) is 36.4 Å². The number of rotatable bonds is 7. The van der Waals surface area contributed by atoms with Crippen molar-refractivity contribution >= 4 is 29.4 Å². The maximum absolute atomic E-state index is 12.8. The fraction of sp³-hybridized carbons (Fsp3) is 0.417. The number of benzene rings is 2. The number of hydrogen-bond acceptors (Lipinski definition) is 4. The monoisotopic (exact) mass is 497 g/mol. The predicted molar refractivity (Wildman–Crippen MR) is 124 cm³/mol. The van der Waals surface area contributed by atoms with E-state index in [1.807, 2.05) is 35.9 Å². The lowest BCUT2D eigenvalue weighted by molar-refractivity contribution is -0.275. The Morgan fingerprint density at radius 1 is 1.15 bits per heavy atom. The quantitative estimate of drug-likeness (QED) is 0.495. The lowest BCUT2D eigenvalue weighted by atomic mass is 9.81. The molecule has 1 aliphatic heterocycles. The molecule has 0 bridgehead atoms. The molecule has 4 rings (SSSR count). The molecule has 2 aromatic carbocycles. The average molecular weight is 498 g/mol. The number of imidazole rings is 1. The molecule has 10 heteroatoms. The van der Waals surface area contributed by atoms with Crippen LogP contribution in [0.15, 0.2) is 48.5 Å². The molecule has 1 fully saturated rings. The van der Waals surface area contributed by atoms with E-state index < -0.39 is 12.3 Å². The number of carboxylic acids is 1. The fourth-order valence-electron chi connectivity index (χ4n) is 4.74. The normalized spacial score (nSPS) is 19.1. The number of ether oxygens (including phenoxy) is 1. The Hall–Kier alpha value is -2.78. The van der Waals surface area contributed by atoms with Gasteiger partial charge in [0.25, 0.3) is 0 Å². The number of nitrogens with zero attached hydrogens (tertiary/aromatic N) is 3. The van der Waals surface area contributed by atoms with Gasteiger partial charge in [-0.2, -0.15) is 0 Å². The largest absolute Gasteiger partial charge is 0.573 e. The van der Waals surface area contributed by atoms with Gasteiger partial charge in [-0.1, -0.05) is 30.3 Å². The van der Waals surface area contributed by atoms with Crippen LogP contribution in [0.5, 0.6) is 5.75 Å². The molecule has 1 saturated heterocycles. The molecule has 0 radical (unpaired) electrons. The van der Waals surface area contributed by atoms with E-state index in [0.29, 0.717) is 38.0 Å². The summed E-state index contributed by atoms with van der Waals surface area (Å²) in [5.74, 6) is -0.183. The molecule has 1 aliphatic rings. The van der Waals surface area contributed by atoms with Gasteiger partial charge in [-0.3, -0.25) is 9.69 Å². The molecule has 1 N–H and O–H groups in total. The third kappa shape index (κ3) is 6.21. The summed E-state index contributed by atoms with van der Waals surface area (Å²) in [5.41, 5.74) is 2.34. The zero-order chi connectivity index (χ0) is 23.6. The van der Waals surface area contributed by atoms with E-state index in [4.69, 9.17) is 4.98 Å². The molecular weight excluding hydrogens is 471 g/mol. The van der Waals surface area contributed by atoms with E-state index in [0.717, 1.165) is 16.9 Å². The van der Waals surface area contributed by atoms with Crippen LogP contribution in [-0.4, -0.2) is 45.0 Å². The summed E-state index contributed by atoms with van der Waals surface area (Å²) in [6.45, 7) is 1.48. The van der Waals surface area contributed by atoms with Crippen LogP contribution in [-0.2, 0) is 24.8 Å². The van der Waals surface area contributed by atoms with E-state index in [1.54, 1.807) is 12.1 Å². The highest BCUT2D eigenvalue weighted by Gasteiger charge is 2.34. The molecule has 2 heterocycles. The molecule has 0 amide bonds. The second-order valence-electron chi connectivity index (χ2n) is 8.58. The molecule has 2 atom stereocenters. The summed E-state index contributed by atoms with van der Waals surface area (Å²) in [6, 6.07) is 14.0. The average Bonchev–Trinajstić information content (AvgIpc) is 3.06. The number of fused-ring (bicyclic) bond motifs is 1. The number of halogens is 4. The molecular formula is C24H27ClF3N3O3. The number of carboxylic acid groups (broad SMARTS) is 1. The van der Waals surface area contributed by atoms with Crippen LogP contribution in [0.4, 0.5) is 13.2 Å². The van der Waals surface area contributed by atoms with Gasteiger partial charge in [-0.05, 0) is 43.0 Å². The maximum Gasteiger partial charge on any atom is 0.573 e. The molecule has 1 aromatic heterocycles. The standard InChI is InChI=1S/C24H26F3N3O3.ClH/c1-29-20-8-4-3-7-19(20)28-22(29)12-18-15-30(11-10-16(18)13-23(31)32)14-17-6-2-5-9-21(17)33-24(25,26)27;/h2-9,16,18H,10-15H2,1H3,(H,31,32);1H/t16-,18-;/m0./s1. The Bertz CT molecular complexity index is 1140. The molecule has 0 saturated carbocycles. The predicted octanol–water partition coefficient (Wildman–Crippen LogP) is 5.05.